The van der Waals surface area contributed by atoms with Gasteiger partial charge in [0.25, 0.3) is 0 Å². The summed E-state index contributed by atoms with van der Waals surface area (Å²) in [4.78, 5) is 0. The summed E-state index contributed by atoms with van der Waals surface area (Å²) < 4.78 is 0.697. The Hall–Kier alpha value is -0.110. The predicted molar refractivity (Wildman–Crippen MR) is 39.1 cm³/mol. The van der Waals surface area contributed by atoms with Crippen LogP contribution in [0.15, 0.2) is 0 Å². The van der Waals surface area contributed by atoms with Gasteiger partial charge in [0.05, 0.1) is 33.6 Å². The van der Waals surface area contributed by atoms with Crippen molar-refractivity contribution in [1.29, 1.82) is 5.26 Å². The molecule has 0 spiro atoms. The molecule has 0 aromatic carbocycles. The lowest BCUT2D eigenvalue weighted by atomic mass is 10.2. The van der Waals surface area contributed by atoms with Crippen LogP contribution in [0.25, 0.3) is 0 Å². The molecule has 0 bridgehead atoms. The molecule has 11 heavy (non-hydrogen) atoms. The highest BCUT2D eigenvalue weighted by molar-refractivity contribution is 4.74. The topological polar surface area (TPSA) is 44.0 Å². The number of aliphatic hydroxyl groups excluding tert-OH is 1. The van der Waals surface area contributed by atoms with Gasteiger partial charge in [-0.1, -0.05) is 0 Å². The smallest absolute Gasteiger partial charge is 0.116 e. The van der Waals surface area contributed by atoms with E-state index in [1.807, 2.05) is 27.2 Å². The van der Waals surface area contributed by atoms with Crippen LogP contribution < -0.4 is 17.0 Å². The van der Waals surface area contributed by atoms with Crippen molar-refractivity contribution in [3.05, 3.63) is 0 Å². The van der Waals surface area contributed by atoms with Gasteiger partial charge < -0.3 is 26.6 Å². The Bertz CT molecular complexity index is 136. The first-order valence-electron chi connectivity index (χ1n) is 3.31. The summed E-state index contributed by atoms with van der Waals surface area (Å²) in [5.74, 6) is 0. The molecule has 0 amide bonds. The second-order valence-corrected chi connectivity index (χ2v) is 3.49. The van der Waals surface area contributed by atoms with E-state index in [0.717, 1.165) is 0 Å². The molecule has 0 saturated heterocycles. The fourth-order valence-electron chi connectivity index (χ4n) is 0.802. The van der Waals surface area contributed by atoms with Crippen LogP contribution in [-0.2, 0) is 0 Å². The van der Waals surface area contributed by atoms with Gasteiger partial charge in [0.2, 0.25) is 0 Å². The minimum atomic E-state index is -0.481. The number of hydrogen-bond acceptors (Lipinski definition) is 2. The lowest BCUT2D eigenvalue weighted by Gasteiger charge is -2.25. The van der Waals surface area contributed by atoms with Crippen LogP contribution in [0, 0.1) is 11.3 Å². The van der Waals surface area contributed by atoms with Gasteiger partial charge in [0.15, 0.2) is 0 Å². The molecular weight excluding hydrogens is 208 g/mol. The van der Waals surface area contributed by atoms with E-state index in [4.69, 9.17) is 10.4 Å². The Morgan fingerprint density at radius 2 is 1.91 bits per heavy atom. The second-order valence-electron chi connectivity index (χ2n) is 3.49. The van der Waals surface area contributed by atoms with E-state index < -0.39 is 6.10 Å². The Morgan fingerprint density at radius 1 is 1.45 bits per heavy atom. The average molecular weight is 223 g/mol. The standard InChI is InChI=1S/C7H15N2O.BrH/c1-9(2,3)6-7(10)4-5-8;/h7,10H,4,6H2,1-3H3;1H/q+1;/p-1/t7-;/m1./s1. The largest absolute Gasteiger partial charge is 1.00 e. The van der Waals surface area contributed by atoms with Crippen LogP contribution in [0.2, 0.25) is 0 Å². The molecule has 1 atom stereocenters. The first kappa shape index (κ1) is 13.5. The van der Waals surface area contributed by atoms with E-state index in [9.17, 15) is 0 Å². The van der Waals surface area contributed by atoms with Gasteiger partial charge in [-0.2, -0.15) is 5.26 Å². The maximum absolute atomic E-state index is 9.15. The Balaban J connectivity index is 0. The van der Waals surface area contributed by atoms with E-state index in [1.165, 1.54) is 0 Å². The second kappa shape index (κ2) is 5.53. The van der Waals surface area contributed by atoms with Crippen molar-refractivity contribution in [2.24, 2.45) is 0 Å². The zero-order valence-electron chi connectivity index (χ0n) is 7.21. The Kier molecular flexibility index (Phi) is 6.77. The maximum Gasteiger partial charge on any atom is 0.116 e. The third kappa shape index (κ3) is 9.89. The van der Waals surface area contributed by atoms with Crippen molar-refractivity contribution in [3.8, 4) is 6.07 Å². The number of rotatable bonds is 3. The summed E-state index contributed by atoms with van der Waals surface area (Å²) in [6, 6.07) is 1.93. The number of nitrogens with zero attached hydrogens (tertiary/aromatic N) is 2. The summed E-state index contributed by atoms with van der Waals surface area (Å²) in [7, 11) is 5.96. The molecule has 0 aromatic rings. The fraction of sp³-hybridized carbons (Fsp3) is 0.857. The lowest BCUT2D eigenvalue weighted by Crippen LogP contribution is -3.00. The Morgan fingerprint density at radius 3 is 2.18 bits per heavy atom. The van der Waals surface area contributed by atoms with Crippen LogP contribution in [0.5, 0.6) is 0 Å². The van der Waals surface area contributed by atoms with Crippen molar-refractivity contribution < 1.29 is 26.6 Å². The van der Waals surface area contributed by atoms with Gasteiger partial charge >= 0.3 is 0 Å². The Labute approximate surface area is 78.6 Å². The zero-order chi connectivity index (χ0) is 8.20. The number of halogens is 1. The van der Waals surface area contributed by atoms with Gasteiger partial charge in [-0.15, -0.1) is 0 Å². The third-order valence-electron chi connectivity index (χ3n) is 1.09. The van der Waals surface area contributed by atoms with E-state index >= 15 is 0 Å². The minimum absolute atomic E-state index is 0. The number of likely N-dealkylation sites (N-methyl/N-ethyl adjacent to an activating group) is 1. The molecule has 0 unspecified atom stereocenters. The molecular formula is C7H15BrN2O. The SMILES string of the molecule is C[N+](C)(C)C[C@H](O)CC#N.[Br-]. The predicted octanol–water partition coefficient (Wildman–Crippen LogP) is -3.03. The van der Waals surface area contributed by atoms with Gasteiger partial charge in [-0.25, -0.2) is 0 Å². The quantitative estimate of drug-likeness (QED) is 0.517. The van der Waals surface area contributed by atoms with Gasteiger partial charge in [-0.3, -0.25) is 0 Å². The van der Waals surface area contributed by atoms with Crippen LogP contribution in [0.1, 0.15) is 6.42 Å². The van der Waals surface area contributed by atoms with E-state index in [-0.39, 0.29) is 23.4 Å². The number of hydrogen-bond donors (Lipinski definition) is 1. The van der Waals surface area contributed by atoms with Crippen molar-refractivity contribution >= 4 is 0 Å². The van der Waals surface area contributed by atoms with Crippen molar-refractivity contribution in [1.82, 2.24) is 0 Å². The number of aliphatic hydroxyl groups is 1. The fourth-order valence-corrected chi connectivity index (χ4v) is 0.802. The van der Waals surface area contributed by atoms with Crippen LogP contribution in [0.3, 0.4) is 0 Å². The van der Waals surface area contributed by atoms with Gasteiger partial charge in [0, 0.05) is 0 Å². The van der Waals surface area contributed by atoms with Crippen molar-refractivity contribution in [2.75, 3.05) is 27.7 Å². The molecule has 0 fully saturated rings. The molecule has 0 aliphatic rings. The van der Waals surface area contributed by atoms with E-state index in [1.54, 1.807) is 0 Å². The molecule has 0 rings (SSSR count). The minimum Gasteiger partial charge on any atom is -1.00 e. The van der Waals surface area contributed by atoms with Crippen LogP contribution in [-0.4, -0.2) is 43.4 Å². The molecule has 4 heteroatoms. The normalized spacial score (nSPS) is 13.0. The van der Waals surface area contributed by atoms with Gasteiger partial charge in [-0.05, 0) is 0 Å². The summed E-state index contributed by atoms with van der Waals surface area (Å²) >= 11 is 0. The van der Waals surface area contributed by atoms with E-state index in [0.29, 0.717) is 11.0 Å². The molecule has 0 saturated carbocycles. The molecule has 0 aliphatic heterocycles. The zero-order valence-corrected chi connectivity index (χ0v) is 8.80. The highest BCUT2D eigenvalue weighted by atomic mass is 79.9. The number of quaternary nitrogens is 1. The molecule has 0 aromatic heterocycles. The molecule has 66 valence electrons. The van der Waals surface area contributed by atoms with Crippen molar-refractivity contribution in [2.45, 2.75) is 12.5 Å². The van der Waals surface area contributed by atoms with E-state index in [2.05, 4.69) is 0 Å². The highest BCUT2D eigenvalue weighted by Gasteiger charge is 2.14. The first-order valence-corrected chi connectivity index (χ1v) is 3.31. The van der Waals surface area contributed by atoms with Crippen molar-refractivity contribution in [3.63, 3.8) is 0 Å². The van der Waals surface area contributed by atoms with Gasteiger partial charge in [0.1, 0.15) is 12.6 Å². The molecule has 3 nitrogen and oxygen atoms in total. The third-order valence-corrected chi connectivity index (χ3v) is 1.09. The molecule has 0 heterocycles. The summed E-state index contributed by atoms with van der Waals surface area (Å²) in [6.45, 7) is 0.633. The summed E-state index contributed by atoms with van der Waals surface area (Å²) in [5, 5.41) is 17.4. The number of nitriles is 1. The van der Waals surface area contributed by atoms with Crippen LogP contribution in [0.4, 0.5) is 0 Å². The molecule has 0 radical (unpaired) electrons. The molecule has 1 N–H and O–H groups in total. The molecule has 0 aliphatic carbocycles. The highest BCUT2D eigenvalue weighted by Crippen LogP contribution is 1.97. The summed E-state index contributed by atoms with van der Waals surface area (Å²) in [5.41, 5.74) is 0. The first-order chi connectivity index (χ1) is 4.45. The van der Waals surface area contributed by atoms with Crippen LogP contribution >= 0.6 is 0 Å². The summed E-state index contributed by atoms with van der Waals surface area (Å²) in [6.07, 6.45) is -0.250. The average Bonchev–Trinajstić information content (AvgIpc) is 1.59. The maximum atomic E-state index is 9.15. The monoisotopic (exact) mass is 222 g/mol. The lowest BCUT2D eigenvalue weighted by molar-refractivity contribution is -0.873.